The van der Waals surface area contributed by atoms with Crippen molar-refractivity contribution in [3.8, 4) is 17.1 Å². The van der Waals surface area contributed by atoms with E-state index in [1.807, 2.05) is 28.8 Å². The largest absolute Gasteiger partial charge is 0.497 e. The zero-order valence-corrected chi connectivity index (χ0v) is 9.13. The Kier molecular flexibility index (Phi) is 3.16. The highest BCUT2D eigenvalue weighted by Gasteiger charge is 2.06. The fraction of sp³-hybridized carbons (Fsp3) is 0.273. The molecule has 2 rings (SSSR count). The van der Waals surface area contributed by atoms with Crippen LogP contribution in [-0.4, -0.2) is 28.4 Å². The van der Waals surface area contributed by atoms with Crippen molar-refractivity contribution in [3.05, 3.63) is 30.6 Å². The van der Waals surface area contributed by atoms with Gasteiger partial charge in [0.15, 0.2) is 5.82 Å². The lowest BCUT2D eigenvalue weighted by molar-refractivity contribution is 0.415. The number of ether oxygens (including phenoxy) is 1. The van der Waals surface area contributed by atoms with Crippen LogP contribution in [0.2, 0.25) is 0 Å². The number of hydrogen-bond acceptors (Lipinski definition) is 4. The maximum Gasteiger partial charge on any atom is 0.163 e. The highest BCUT2D eigenvalue weighted by molar-refractivity contribution is 5.56. The summed E-state index contributed by atoms with van der Waals surface area (Å²) in [5, 5.41) is 7.96. The van der Waals surface area contributed by atoms with Gasteiger partial charge >= 0.3 is 0 Å². The van der Waals surface area contributed by atoms with E-state index >= 15 is 0 Å². The fourth-order valence-electron chi connectivity index (χ4n) is 1.52. The first kappa shape index (κ1) is 10.6. The van der Waals surface area contributed by atoms with Gasteiger partial charge in [-0.05, 0) is 24.3 Å². The predicted molar refractivity (Wildman–Crippen MR) is 61.1 cm³/mol. The van der Waals surface area contributed by atoms with Gasteiger partial charge in [0, 0.05) is 18.7 Å². The number of nitrogens with two attached hydrogens (primary N) is 1. The molecule has 0 aliphatic carbocycles. The van der Waals surface area contributed by atoms with Gasteiger partial charge in [0.25, 0.3) is 0 Å². The lowest BCUT2D eigenvalue weighted by atomic mass is 10.2. The molecule has 0 fully saturated rings. The molecule has 16 heavy (non-hydrogen) atoms. The van der Waals surface area contributed by atoms with E-state index in [2.05, 4.69) is 10.2 Å². The quantitative estimate of drug-likeness (QED) is 0.828. The van der Waals surface area contributed by atoms with Crippen molar-refractivity contribution in [3.63, 3.8) is 0 Å². The summed E-state index contributed by atoms with van der Waals surface area (Å²) in [4.78, 5) is 0. The number of nitrogens with zero attached hydrogens (tertiary/aromatic N) is 3. The standard InChI is InChI=1S/C11H14N4O/c1-16-10-4-2-9(3-5-10)11-14-13-8-15(11)7-6-12/h2-5,8H,6-7,12H2,1H3. The van der Waals surface area contributed by atoms with Gasteiger partial charge in [0.1, 0.15) is 12.1 Å². The summed E-state index contributed by atoms with van der Waals surface area (Å²) in [6, 6.07) is 7.71. The van der Waals surface area contributed by atoms with Crippen LogP contribution in [0.5, 0.6) is 5.75 Å². The van der Waals surface area contributed by atoms with Gasteiger partial charge in [-0.15, -0.1) is 10.2 Å². The molecule has 0 unspecified atom stereocenters. The van der Waals surface area contributed by atoms with E-state index in [0.717, 1.165) is 17.1 Å². The molecule has 0 bridgehead atoms. The van der Waals surface area contributed by atoms with E-state index < -0.39 is 0 Å². The van der Waals surface area contributed by atoms with Crippen LogP contribution in [0.3, 0.4) is 0 Å². The number of benzene rings is 1. The second-order valence-corrected chi connectivity index (χ2v) is 3.37. The topological polar surface area (TPSA) is 66.0 Å². The van der Waals surface area contributed by atoms with E-state index in [-0.39, 0.29) is 0 Å². The molecule has 1 aromatic carbocycles. The molecule has 0 aliphatic heterocycles. The predicted octanol–water partition coefficient (Wildman–Crippen LogP) is 0.912. The lowest BCUT2D eigenvalue weighted by Gasteiger charge is -2.05. The number of rotatable bonds is 4. The summed E-state index contributed by atoms with van der Waals surface area (Å²) in [5.74, 6) is 1.65. The minimum absolute atomic E-state index is 0.571. The van der Waals surface area contributed by atoms with Crippen molar-refractivity contribution in [1.29, 1.82) is 0 Å². The summed E-state index contributed by atoms with van der Waals surface area (Å²) in [6.45, 7) is 1.29. The van der Waals surface area contributed by atoms with Crippen LogP contribution in [0.1, 0.15) is 0 Å². The monoisotopic (exact) mass is 218 g/mol. The van der Waals surface area contributed by atoms with Crippen LogP contribution in [0.15, 0.2) is 30.6 Å². The van der Waals surface area contributed by atoms with Crippen LogP contribution in [0.25, 0.3) is 11.4 Å². The first-order chi connectivity index (χ1) is 7.85. The first-order valence-corrected chi connectivity index (χ1v) is 5.07. The summed E-state index contributed by atoms with van der Waals surface area (Å²) in [6.07, 6.45) is 1.69. The van der Waals surface area contributed by atoms with Crippen molar-refractivity contribution >= 4 is 0 Å². The van der Waals surface area contributed by atoms with Crippen LogP contribution < -0.4 is 10.5 Å². The zero-order chi connectivity index (χ0) is 11.4. The first-order valence-electron chi connectivity index (χ1n) is 5.07. The third-order valence-corrected chi connectivity index (χ3v) is 2.33. The van der Waals surface area contributed by atoms with Crippen LogP contribution in [0, 0.1) is 0 Å². The molecule has 0 amide bonds. The summed E-state index contributed by atoms with van der Waals surface area (Å²) < 4.78 is 7.03. The molecule has 0 aliphatic rings. The third kappa shape index (κ3) is 2.04. The van der Waals surface area contributed by atoms with Crippen molar-refractivity contribution in [2.24, 2.45) is 5.73 Å². The number of hydrogen-bond donors (Lipinski definition) is 1. The molecule has 0 radical (unpaired) electrons. The molecule has 2 aromatic rings. The van der Waals surface area contributed by atoms with Crippen LogP contribution in [-0.2, 0) is 6.54 Å². The van der Waals surface area contributed by atoms with Gasteiger partial charge in [0.2, 0.25) is 0 Å². The Morgan fingerprint density at radius 1 is 1.31 bits per heavy atom. The van der Waals surface area contributed by atoms with E-state index in [9.17, 15) is 0 Å². The van der Waals surface area contributed by atoms with E-state index in [4.69, 9.17) is 10.5 Å². The van der Waals surface area contributed by atoms with Crippen molar-refractivity contribution in [2.75, 3.05) is 13.7 Å². The molecule has 5 nitrogen and oxygen atoms in total. The Morgan fingerprint density at radius 3 is 2.69 bits per heavy atom. The average molecular weight is 218 g/mol. The molecular weight excluding hydrogens is 204 g/mol. The van der Waals surface area contributed by atoms with Gasteiger partial charge in [-0.3, -0.25) is 0 Å². The van der Waals surface area contributed by atoms with Gasteiger partial charge in [-0.1, -0.05) is 0 Å². The highest BCUT2D eigenvalue weighted by Crippen LogP contribution is 2.19. The Balaban J connectivity index is 2.31. The maximum absolute atomic E-state index is 5.52. The highest BCUT2D eigenvalue weighted by atomic mass is 16.5. The van der Waals surface area contributed by atoms with E-state index in [1.54, 1.807) is 13.4 Å². The molecule has 1 aromatic heterocycles. The third-order valence-electron chi connectivity index (χ3n) is 2.33. The molecule has 1 heterocycles. The van der Waals surface area contributed by atoms with Crippen LogP contribution in [0.4, 0.5) is 0 Å². The summed E-state index contributed by atoms with van der Waals surface area (Å²) in [7, 11) is 1.64. The molecule has 84 valence electrons. The summed E-state index contributed by atoms with van der Waals surface area (Å²) in [5.41, 5.74) is 6.52. The molecule has 0 saturated carbocycles. The Morgan fingerprint density at radius 2 is 2.06 bits per heavy atom. The molecule has 5 heteroatoms. The number of methoxy groups -OCH3 is 1. The SMILES string of the molecule is COc1ccc(-c2nncn2CCN)cc1. The molecular formula is C11H14N4O. The average Bonchev–Trinajstić information content (AvgIpc) is 2.78. The van der Waals surface area contributed by atoms with Gasteiger partial charge in [0.05, 0.1) is 7.11 Å². The lowest BCUT2D eigenvalue weighted by Crippen LogP contribution is -2.10. The Hall–Kier alpha value is -1.88. The maximum atomic E-state index is 5.52. The minimum Gasteiger partial charge on any atom is -0.497 e. The molecule has 0 saturated heterocycles. The Labute approximate surface area is 93.9 Å². The van der Waals surface area contributed by atoms with E-state index in [1.165, 1.54) is 0 Å². The second kappa shape index (κ2) is 4.76. The second-order valence-electron chi connectivity index (χ2n) is 3.37. The minimum atomic E-state index is 0.571. The summed E-state index contributed by atoms with van der Waals surface area (Å²) >= 11 is 0. The Bertz CT molecular complexity index is 449. The van der Waals surface area contributed by atoms with Crippen molar-refractivity contribution < 1.29 is 4.74 Å². The van der Waals surface area contributed by atoms with Crippen molar-refractivity contribution in [1.82, 2.24) is 14.8 Å². The van der Waals surface area contributed by atoms with Crippen molar-refractivity contribution in [2.45, 2.75) is 6.54 Å². The van der Waals surface area contributed by atoms with Gasteiger partial charge in [-0.25, -0.2) is 0 Å². The van der Waals surface area contributed by atoms with Gasteiger partial charge in [-0.2, -0.15) is 0 Å². The van der Waals surface area contributed by atoms with Crippen LogP contribution >= 0.6 is 0 Å². The zero-order valence-electron chi connectivity index (χ0n) is 9.13. The number of aromatic nitrogens is 3. The molecule has 0 spiro atoms. The molecule has 0 atom stereocenters. The fourth-order valence-corrected chi connectivity index (χ4v) is 1.52. The smallest absolute Gasteiger partial charge is 0.163 e. The van der Waals surface area contributed by atoms with Gasteiger partial charge < -0.3 is 15.0 Å². The normalized spacial score (nSPS) is 10.4. The molecule has 2 N–H and O–H groups in total. The van der Waals surface area contributed by atoms with E-state index in [0.29, 0.717) is 13.1 Å².